The van der Waals surface area contributed by atoms with Crippen molar-refractivity contribution in [2.45, 2.75) is 450 Å². The van der Waals surface area contributed by atoms with Gasteiger partial charge >= 0.3 is 11.9 Å². The average molecular weight is 1250 g/mol. The Morgan fingerprint density at radius 3 is 0.730 bits per heavy atom. The van der Waals surface area contributed by atoms with Gasteiger partial charge in [0.2, 0.25) is 0 Å². The van der Waals surface area contributed by atoms with Gasteiger partial charge in [-0.15, -0.1) is 0 Å². The molecule has 0 aliphatic heterocycles. The second kappa shape index (κ2) is 79.8. The predicted octanol–water partition coefficient (Wildman–Crippen LogP) is 28.4. The summed E-state index contributed by atoms with van der Waals surface area (Å²) >= 11 is 0. The fourth-order valence-electron chi connectivity index (χ4n) is 12.6. The summed E-state index contributed by atoms with van der Waals surface area (Å²) in [6.07, 6.45) is 110. The predicted molar refractivity (Wildman–Crippen MR) is 394 cm³/mol. The van der Waals surface area contributed by atoms with Crippen LogP contribution in [0.1, 0.15) is 444 Å². The van der Waals surface area contributed by atoms with Crippen LogP contribution in [0, 0.1) is 0 Å². The number of carbonyl (C=O) groups is 2. The van der Waals surface area contributed by atoms with Crippen LogP contribution in [0.15, 0.2) is 60.8 Å². The molecule has 0 rings (SSSR count). The van der Waals surface area contributed by atoms with Crippen molar-refractivity contribution in [1.82, 2.24) is 0 Å². The van der Waals surface area contributed by atoms with Gasteiger partial charge in [0.1, 0.15) is 6.61 Å². The number of allylic oxidation sites excluding steroid dienone is 10. The molecule has 1 N–H and O–H groups in total. The zero-order valence-corrected chi connectivity index (χ0v) is 60.2. The number of esters is 2. The van der Waals surface area contributed by atoms with E-state index in [1.165, 1.54) is 353 Å². The molecule has 0 saturated carbocycles. The Morgan fingerprint density at radius 2 is 0.483 bits per heavy atom. The molecule has 0 aromatic heterocycles. The number of carbonyl (C=O) groups excluding carboxylic acids is 2. The van der Waals surface area contributed by atoms with Crippen LogP contribution < -0.4 is 0 Å². The van der Waals surface area contributed by atoms with Gasteiger partial charge in [-0.3, -0.25) is 9.59 Å². The fourth-order valence-corrected chi connectivity index (χ4v) is 12.6. The Balaban J connectivity index is 3.36. The van der Waals surface area contributed by atoms with Gasteiger partial charge in [0, 0.05) is 12.8 Å². The number of hydrogen-bond acceptors (Lipinski definition) is 5. The Kier molecular flexibility index (Phi) is 77.7. The minimum absolute atomic E-state index is 0.0589. The third-order valence-electron chi connectivity index (χ3n) is 18.6. The lowest BCUT2D eigenvalue weighted by atomic mass is 10.0. The lowest BCUT2D eigenvalue weighted by Gasteiger charge is -2.15. The Bertz CT molecular complexity index is 1510. The molecule has 0 aromatic carbocycles. The number of hydrogen-bond donors (Lipinski definition) is 1. The average Bonchev–Trinajstić information content (AvgIpc) is 3.55. The van der Waals surface area contributed by atoms with Crippen molar-refractivity contribution in [2.24, 2.45) is 0 Å². The zero-order chi connectivity index (χ0) is 64.0. The Labute approximate surface area is 557 Å². The second-order valence-corrected chi connectivity index (χ2v) is 27.5. The van der Waals surface area contributed by atoms with Crippen molar-refractivity contribution >= 4 is 11.9 Å². The van der Waals surface area contributed by atoms with Crippen molar-refractivity contribution in [2.75, 3.05) is 13.2 Å². The van der Waals surface area contributed by atoms with Gasteiger partial charge < -0.3 is 14.6 Å². The standard InChI is InChI=1S/C84H156O5/c1-3-5-7-9-11-13-15-17-19-21-23-25-27-29-31-33-35-37-39-41-42-43-45-47-49-51-53-55-57-59-61-63-65-67-69-71-73-75-77-79-84(87)89-82(80-85)81-88-83(86)78-76-74-72-70-68-66-64-62-60-58-56-54-52-50-48-46-44-40-38-36-34-32-30-28-26-24-22-20-18-16-14-12-10-8-6-4-2/h5,7,11,13,17,19,23,25,29,31,82,85H,3-4,6,8-10,12,14-16,18,20-22,24,26-28,30,32-81H2,1-2H3/b7-5-,13-11-,19-17-,25-23-,31-29-. The lowest BCUT2D eigenvalue weighted by Crippen LogP contribution is -2.28. The van der Waals surface area contributed by atoms with Gasteiger partial charge in [-0.1, -0.05) is 434 Å². The molecule has 1 atom stereocenters. The van der Waals surface area contributed by atoms with E-state index in [0.717, 1.165) is 64.2 Å². The summed E-state index contributed by atoms with van der Waals surface area (Å²) in [5.41, 5.74) is 0. The van der Waals surface area contributed by atoms with E-state index in [2.05, 4.69) is 74.6 Å². The lowest BCUT2D eigenvalue weighted by molar-refractivity contribution is -0.161. The normalized spacial score (nSPS) is 12.4. The molecular formula is C84H156O5. The van der Waals surface area contributed by atoms with E-state index in [1.54, 1.807) is 0 Å². The van der Waals surface area contributed by atoms with Crippen LogP contribution in [0.5, 0.6) is 0 Å². The highest BCUT2D eigenvalue weighted by Gasteiger charge is 2.16. The smallest absolute Gasteiger partial charge is 0.306 e. The molecule has 0 aliphatic rings. The monoisotopic (exact) mass is 1250 g/mol. The van der Waals surface area contributed by atoms with Gasteiger partial charge in [-0.2, -0.15) is 0 Å². The van der Waals surface area contributed by atoms with Crippen molar-refractivity contribution in [3.8, 4) is 0 Å². The number of aliphatic hydroxyl groups excluding tert-OH is 1. The molecule has 89 heavy (non-hydrogen) atoms. The third-order valence-corrected chi connectivity index (χ3v) is 18.6. The number of aliphatic hydroxyl groups is 1. The van der Waals surface area contributed by atoms with Crippen molar-refractivity contribution in [3.05, 3.63) is 60.8 Å². The molecular weight excluding hydrogens is 1090 g/mol. The molecule has 0 spiro atoms. The van der Waals surface area contributed by atoms with Crippen molar-refractivity contribution < 1.29 is 24.2 Å². The summed E-state index contributed by atoms with van der Waals surface area (Å²) in [7, 11) is 0. The van der Waals surface area contributed by atoms with Gasteiger partial charge in [-0.05, 0) is 57.8 Å². The first-order valence-corrected chi connectivity index (χ1v) is 40.3. The minimum Gasteiger partial charge on any atom is -0.462 e. The second-order valence-electron chi connectivity index (χ2n) is 27.5. The van der Waals surface area contributed by atoms with Crippen LogP contribution in [-0.4, -0.2) is 36.4 Å². The van der Waals surface area contributed by atoms with Gasteiger partial charge in [0.05, 0.1) is 6.61 Å². The zero-order valence-electron chi connectivity index (χ0n) is 60.2. The van der Waals surface area contributed by atoms with Crippen LogP contribution >= 0.6 is 0 Å². The summed E-state index contributed by atoms with van der Waals surface area (Å²) in [6, 6.07) is 0. The van der Waals surface area contributed by atoms with Gasteiger partial charge in [0.15, 0.2) is 6.10 Å². The Morgan fingerprint density at radius 1 is 0.270 bits per heavy atom. The summed E-state index contributed by atoms with van der Waals surface area (Å²) in [4.78, 5) is 24.7. The van der Waals surface area contributed by atoms with E-state index in [4.69, 9.17) is 9.47 Å². The molecule has 1 unspecified atom stereocenters. The van der Waals surface area contributed by atoms with Crippen molar-refractivity contribution in [1.29, 1.82) is 0 Å². The van der Waals surface area contributed by atoms with E-state index in [9.17, 15) is 14.7 Å². The number of unbranched alkanes of at least 4 members (excludes halogenated alkanes) is 58. The highest BCUT2D eigenvalue weighted by atomic mass is 16.6. The molecule has 0 amide bonds. The summed E-state index contributed by atoms with van der Waals surface area (Å²) < 4.78 is 10.8. The maximum atomic E-state index is 12.4. The largest absolute Gasteiger partial charge is 0.462 e. The molecule has 5 nitrogen and oxygen atoms in total. The molecule has 0 fully saturated rings. The van der Waals surface area contributed by atoms with E-state index in [-0.39, 0.29) is 25.2 Å². The third kappa shape index (κ3) is 78.0. The topological polar surface area (TPSA) is 72.8 Å². The quantitative estimate of drug-likeness (QED) is 0.0373. The summed E-state index contributed by atoms with van der Waals surface area (Å²) in [5, 5.41) is 9.73. The summed E-state index contributed by atoms with van der Waals surface area (Å²) in [5.74, 6) is -0.563. The molecule has 0 heterocycles. The van der Waals surface area contributed by atoms with E-state index < -0.39 is 6.10 Å². The summed E-state index contributed by atoms with van der Waals surface area (Å²) in [6.45, 7) is 4.10. The molecule has 0 aliphatic carbocycles. The maximum absolute atomic E-state index is 12.4. The number of rotatable bonds is 76. The SMILES string of the molecule is CC/C=C\C/C=C\C/C=C\C/C=C\C/C=C\CCCCCCCCCCCCCCCCCCCCCCCCCC(=O)OC(CO)COC(=O)CCCCCCCCCCCCCCCCCCCCCCCCCCCCCCCCCCCCCC. The molecule has 5 heteroatoms. The van der Waals surface area contributed by atoms with E-state index in [0.29, 0.717) is 12.8 Å². The first-order valence-electron chi connectivity index (χ1n) is 40.3. The first kappa shape index (κ1) is 86.6. The minimum atomic E-state index is -0.771. The maximum Gasteiger partial charge on any atom is 0.306 e. The molecule has 0 radical (unpaired) electrons. The van der Waals surface area contributed by atoms with Gasteiger partial charge in [-0.25, -0.2) is 0 Å². The van der Waals surface area contributed by atoms with Crippen LogP contribution in [0.4, 0.5) is 0 Å². The molecule has 0 saturated heterocycles. The fraction of sp³-hybridized carbons (Fsp3) is 0.857. The van der Waals surface area contributed by atoms with E-state index >= 15 is 0 Å². The highest BCUT2D eigenvalue weighted by molar-refractivity contribution is 5.70. The first-order chi connectivity index (χ1) is 44.1. The van der Waals surface area contributed by atoms with Crippen LogP contribution in [0.25, 0.3) is 0 Å². The van der Waals surface area contributed by atoms with Crippen LogP contribution in [0.3, 0.4) is 0 Å². The highest BCUT2D eigenvalue weighted by Crippen LogP contribution is 2.20. The molecule has 0 bridgehead atoms. The van der Waals surface area contributed by atoms with Crippen LogP contribution in [-0.2, 0) is 19.1 Å². The molecule has 522 valence electrons. The Hall–Kier alpha value is -2.40. The van der Waals surface area contributed by atoms with Crippen molar-refractivity contribution in [3.63, 3.8) is 0 Å². The van der Waals surface area contributed by atoms with Crippen LogP contribution in [0.2, 0.25) is 0 Å². The number of ether oxygens (including phenoxy) is 2. The van der Waals surface area contributed by atoms with E-state index in [1.807, 2.05) is 0 Å². The molecule has 0 aromatic rings. The van der Waals surface area contributed by atoms with Gasteiger partial charge in [0.25, 0.3) is 0 Å².